The zero-order valence-electron chi connectivity index (χ0n) is 14.0. The first-order valence-electron chi connectivity index (χ1n) is 8.83. The summed E-state index contributed by atoms with van der Waals surface area (Å²) >= 11 is 0. The van der Waals surface area contributed by atoms with E-state index in [0.29, 0.717) is 18.1 Å². The highest BCUT2D eigenvalue weighted by atomic mass is 16.5. The first-order valence-corrected chi connectivity index (χ1v) is 8.83. The molecule has 4 nitrogen and oxygen atoms in total. The molecule has 0 bridgehead atoms. The lowest BCUT2D eigenvalue weighted by Gasteiger charge is -2.56. The van der Waals surface area contributed by atoms with Crippen molar-refractivity contribution >= 4 is 11.6 Å². The predicted octanol–water partition coefficient (Wildman–Crippen LogP) is 2.59. The third-order valence-electron chi connectivity index (χ3n) is 5.99. The molecule has 124 valence electrons. The molecule has 1 N–H and O–H groups in total. The smallest absolute Gasteiger partial charge is 0.244 e. The Morgan fingerprint density at radius 3 is 2.78 bits per heavy atom. The Morgan fingerprint density at radius 1 is 1.22 bits per heavy atom. The number of anilines is 1. The first-order chi connectivity index (χ1) is 11.1. The number of hydrogen-bond acceptors (Lipinski definition) is 3. The molecule has 0 unspecified atom stereocenters. The number of piperidine rings is 1. The molecule has 1 aromatic carbocycles. The van der Waals surface area contributed by atoms with Gasteiger partial charge >= 0.3 is 0 Å². The molecule has 1 aromatic rings. The Morgan fingerprint density at radius 2 is 2.00 bits per heavy atom. The summed E-state index contributed by atoms with van der Waals surface area (Å²) < 4.78 is 5.87. The number of para-hydroxylation sites is 1. The average Bonchev–Trinajstić information content (AvgIpc) is 3.02. The molecule has 0 radical (unpaired) electrons. The Balaban J connectivity index is 1.48. The third kappa shape index (κ3) is 2.39. The van der Waals surface area contributed by atoms with Gasteiger partial charge in [0.1, 0.15) is 0 Å². The molecule has 3 fully saturated rings. The maximum absolute atomic E-state index is 12.9. The maximum Gasteiger partial charge on any atom is 0.244 e. The minimum absolute atomic E-state index is 0.0604. The van der Waals surface area contributed by atoms with Crippen molar-refractivity contribution < 1.29 is 9.53 Å². The summed E-state index contributed by atoms with van der Waals surface area (Å²) in [5, 5.41) is 3.70. The molecule has 1 amide bonds. The van der Waals surface area contributed by atoms with Gasteiger partial charge in [0.15, 0.2) is 0 Å². The molecule has 1 saturated carbocycles. The van der Waals surface area contributed by atoms with Gasteiger partial charge < -0.3 is 15.0 Å². The number of nitrogens with one attached hydrogen (secondary N) is 1. The minimum Gasteiger partial charge on any atom is -0.377 e. The number of ether oxygens (including phenoxy) is 1. The van der Waals surface area contributed by atoms with E-state index < -0.39 is 0 Å². The number of benzene rings is 1. The van der Waals surface area contributed by atoms with Gasteiger partial charge in [-0.05, 0) is 31.4 Å². The van der Waals surface area contributed by atoms with Crippen LogP contribution in [0, 0.1) is 11.3 Å². The lowest BCUT2D eigenvalue weighted by Crippen LogP contribution is -2.69. The first kappa shape index (κ1) is 15.2. The van der Waals surface area contributed by atoms with Crippen molar-refractivity contribution in [1.82, 2.24) is 5.32 Å². The number of nitrogens with zero attached hydrogens (tertiary/aromatic N) is 1. The van der Waals surface area contributed by atoms with Gasteiger partial charge in [-0.1, -0.05) is 32.0 Å². The van der Waals surface area contributed by atoms with Crippen molar-refractivity contribution in [3.63, 3.8) is 0 Å². The molecule has 4 rings (SSSR count). The Kier molecular flexibility index (Phi) is 3.69. The summed E-state index contributed by atoms with van der Waals surface area (Å²) in [7, 11) is 0. The second-order valence-electron chi connectivity index (χ2n) is 7.73. The molecule has 4 heteroatoms. The normalized spacial score (nSPS) is 35.7. The number of amides is 1. The van der Waals surface area contributed by atoms with E-state index in [2.05, 4.69) is 19.2 Å². The van der Waals surface area contributed by atoms with E-state index in [1.165, 1.54) is 0 Å². The van der Waals surface area contributed by atoms with Crippen LogP contribution < -0.4 is 10.2 Å². The molecule has 2 saturated heterocycles. The number of carbonyl (C=O) groups is 1. The standard InChI is InChI=1S/C19H26N2O2/c1-19(2)16(14-10-12-23-17(14)19)20-15-9-6-11-21(18(15)22)13-7-4-3-5-8-13/h3-5,7-8,14-17,20H,6,9-12H2,1-2H3/t14-,15-,16-,17+/m1/s1. The molecule has 0 spiro atoms. The quantitative estimate of drug-likeness (QED) is 0.932. The second-order valence-corrected chi connectivity index (χ2v) is 7.73. The summed E-state index contributed by atoms with van der Waals surface area (Å²) in [6.45, 7) is 6.22. The summed E-state index contributed by atoms with van der Waals surface area (Å²) in [4.78, 5) is 14.9. The van der Waals surface area contributed by atoms with Crippen LogP contribution in [0.2, 0.25) is 0 Å². The topological polar surface area (TPSA) is 41.6 Å². The van der Waals surface area contributed by atoms with E-state index in [-0.39, 0.29) is 17.4 Å². The highest BCUT2D eigenvalue weighted by Crippen LogP contribution is 2.52. The summed E-state index contributed by atoms with van der Waals surface area (Å²) in [6, 6.07) is 10.4. The zero-order chi connectivity index (χ0) is 16.0. The fourth-order valence-electron chi connectivity index (χ4n) is 4.77. The van der Waals surface area contributed by atoms with Crippen LogP contribution in [0.4, 0.5) is 5.69 Å². The molecular formula is C19H26N2O2. The van der Waals surface area contributed by atoms with Crippen LogP contribution in [0.25, 0.3) is 0 Å². The van der Waals surface area contributed by atoms with Crippen LogP contribution in [0.15, 0.2) is 30.3 Å². The Hall–Kier alpha value is -1.39. The van der Waals surface area contributed by atoms with Gasteiger partial charge in [0.05, 0.1) is 12.1 Å². The van der Waals surface area contributed by atoms with Crippen molar-refractivity contribution in [2.24, 2.45) is 11.3 Å². The van der Waals surface area contributed by atoms with Crippen LogP contribution in [-0.4, -0.2) is 37.2 Å². The lowest BCUT2D eigenvalue weighted by atomic mass is 9.57. The van der Waals surface area contributed by atoms with E-state index in [1.807, 2.05) is 35.2 Å². The third-order valence-corrected chi connectivity index (χ3v) is 5.99. The van der Waals surface area contributed by atoms with Crippen molar-refractivity contribution in [3.8, 4) is 0 Å². The molecular weight excluding hydrogens is 288 g/mol. The summed E-state index contributed by atoms with van der Waals surface area (Å²) in [5.74, 6) is 0.797. The average molecular weight is 314 g/mol. The number of hydrogen-bond donors (Lipinski definition) is 1. The Labute approximate surface area is 138 Å². The number of fused-ring (bicyclic) bond motifs is 1. The second kappa shape index (κ2) is 5.60. The van der Waals surface area contributed by atoms with Crippen molar-refractivity contribution in [2.45, 2.75) is 51.3 Å². The molecule has 4 atom stereocenters. The minimum atomic E-state index is -0.0604. The van der Waals surface area contributed by atoms with E-state index >= 15 is 0 Å². The number of carbonyl (C=O) groups excluding carboxylic acids is 1. The summed E-state index contributed by atoms with van der Waals surface area (Å²) in [5.41, 5.74) is 1.13. The van der Waals surface area contributed by atoms with E-state index in [9.17, 15) is 4.79 Å². The van der Waals surface area contributed by atoms with Crippen LogP contribution in [0.5, 0.6) is 0 Å². The molecule has 2 heterocycles. The van der Waals surface area contributed by atoms with Crippen LogP contribution in [0.1, 0.15) is 33.1 Å². The van der Waals surface area contributed by atoms with E-state index in [4.69, 9.17) is 4.74 Å². The van der Waals surface area contributed by atoms with Crippen molar-refractivity contribution in [1.29, 1.82) is 0 Å². The van der Waals surface area contributed by atoms with E-state index in [0.717, 1.165) is 38.1 Å². The Bertz CT molecular complexity index is 586. The van der Waals surface area contributed by atoms with Crippen molar-refractivity contribution in [2.75, 3.05) is 18.1 Å². The lowest BCUT2D eigenvalue weighted by molar-refractivity contribution is -0.131. The van der Waals surface area contributed by atoms with Gasteiger partial charge in [0.25, 0.3) is 0 Å². The van der Waals surface area contributed by atoms with Gasteiger partial charge in [-0.15, -0.1) is 0 Å². The van der Waals surface area contributed by atoms with Gasteiger partial charge in [0.2, 0.25) is 5.91 Å². The maximum atomic E-state index is 12.9. The van der Waals surface area contributed by atoms with Crippen molar-refractivity contribution in [3.05, 3.63) is 30.3 Å². The highest BCUT2D eigenvalue weighted by molar-refractivity contribution is 5.97. The largest absolute Gasteiger partial charge is 0.377 e. The predicted molar refractivity (Wildman–Crippen MR) is 90.4 cm³/mol. The van der Waals surface area contributed by atoms with E-state index in [1.54, 1.807) is 0 Å². The molecule has 0 aromatic heterocycles. The van der Waals surface area contributed by atoms with Crippen LogP contribution in [0.3, 0.4) is 0 Å². The van der Waals surface area contributed by atoms with Gasteiger partial charge in [-0.25, -0.2) is 0 Å². The van der Waals surface area contributed by atoms with Crippen LogP contribution >= 0.6 is 0 Å². The fourth-order valence-corrected chi connectivity index (χ4v) is 4.77. The van der Waals surface area contributed by atoms with Gasteiger partial charge in [-0.2, -0.15) is 0 Å². The molecule has 1 aliphatic carbocycles. The molecule has 2 aliphatic heterocycles. The SMILES string of the molecule is CC1(C)[C@H](N[C@@H]2CCCN(c3ccccc3)C2=O)[C@H]2CCO[C@@H]21. The fraction of sp³-hybridized carbons (Fsp3) is 0.632. The zero-order valence-corrected chi connectivity index (χ0v) is 14.0. The molecule has 3 aliphatic rings. The molecule has 23 heavy (non-hydrogen) atoms. The summed E-state index contributed by atoms with van der Waals surface area (Å²) in [6.07, 6.45) is 3.47. The monoisotopic (exact) mass is 314 g/mol. The number of rotatable bonds is 3. The van der Waals surface area contributed by atoms with Crippen LogP contribution in [-0.2, 0) is 9.53 Å². The highest BCUT2D eigenvalue weighted by Gasteiger charge is 2.59. The van der Waals surface area contributed by atoms with Gasteiger partial charge in [0, 0.05) is 36.2 Å². The van der Waals surface area contributed by atoms with Gasteiger partial charge in [-0.3, -0.25) is 4.79 Å².